The molecular formula is C14H18FN3O2. The van der Waals surface area contributed by atoms with E-state index in [2.05, 4.69) is 15.5 Å². The van der Waals surface area contributed by atoms with E-state index in [9.17, 15) is 4.39 Å². The SMILES string of the molecule is CCNCc1cc(F)cc(OCc2nc(CC)no2)c1. The van der Waals surface area contributed by atoms with E-state index in [0.29, 0.717) is 30.4 Å². The van der Waals surface area contributed by atoms with Crippen LogP contribution in [0.3, 0.4) is 0 Å². The van der Waals surface area contributed by atoms with Crippen LogP contribution in [0, 0.1) is 5.82 Å². The number of benzene rings is 1. The number of ether oxygens (including phenoxy) is 1. The average Bonchev–Trinajstić information content (AvgIpc) is 2.90. The monoisotopic (exact) mass is 279 g/mol. The number of hydrogen-bond donors (Lipinski definition) is 1. The van der Waals surface area contributed by atoms with Crippen LogP contribution < -0.4 is 10.1 Å². The number of hydrogen-bond acceptors (Lipinski definition) is 5. The van der Waals surface area contributed by atoms with Crippen LogP contribution >= 0.6 is 0 Å². The summed E-state index contributed by atoms with van der Waals surface area (Å²) in [5.74, 6) is 1.15. The van der Waals surface area contributed by atoms with E-state index in [4.69, 9.17) is 9.26 Å². The summed E-state index contributed by atoms with van der Waals surface area (Å²) in [5, 5.41) is 6.91. The maximum Gasteiger partial charge on any atom is 0.264 e. The molecule has 0 bridgehead atoms. The highest BCUT2D eigenvalue weighted by atomic mass is 19.1. The summed E-state index contributed by atoms with van der Waals surface area (Å²) in [4.78, 5) is 4.13. The third-order valence-electron chi connectivity index (χ3n) is 2.70. The first-order valence-electron chi connectivity index (χ1n) is 6.65. The number of rotatable bonds is 7. The first-order chi connectivity index (χ1) is 9.71. The number of aryl methyl sites for hydroxylation is 1. The summed E-state index contributed by atoms with van der Waals surface area (Å²) < 4.78 is 24.0. The molecule has 1 heterocycles. The van der Waals surface area contributed by atoms with E-state index in [-0.39, 0.29) is 12.4 Å². The van der Waals surface area contributed by atoms with Crippen molar-refractivity contribution in [1.29, 1.82) is 0 Å². The van der Waals surface area contributed by atoms with Crippen LogP contribution in [0.1, 0.15) is 31.1 Å². The molecule has 1 N–H and O–H groups in total. The second-order valence-corrected chi connectivity index (χ2v) is 4.32. The molecule has 0 spiro atoms. The molecule has 0 aliphatic rings. The number of aromatic nitrogens is 2. The van der Waals surface area contributed by atoms with Crippen molar-refractivity contribution < 1.29 is 13.7 Å². The Hall–Kier alpha value is -1.95. The van der Waals surface area contributed by atoms with Crippen molar-refractivity contribution in [2.75, 3.05) is 6.54 Å². The van der Waals surface area contributed by atoms with Crippen LogP contribution in [0.4, 0.5) is 4.39 Å². The molecule has 0 aliphatic heterocycles. The van der Waals surface area contributed by atoms with Gasteiger partial charge in [-0.1, -0.05) is 19.0 Å². The van der Waals surface area contributed by atoms with E-state index >= 15 is 0 Å². The minimum Gasteiger partial charge on any atom is -0.484 e. The molecule has 108 valence electrons. The Morgan fingerprint density at radius 1 is 1.30 bits per heavy atom. The van der Waals surface area contributed by atoms with Crippen LogP contribution in [0.15, 0.2) is 22.7 Å². The van der Waals surface area contributed by atoms with Crippen molar-refractivity contribution in [3.63, 3.8) is 0 Å². The topological polar surface area (TPSA) is 60.2 Å². The summed E-state index contributed by atoms with van der Waals surface area (Å²) in [5.41, 5.74) is 0.835. The van der Waals surface area contributed by atoms with Crippen LogP contribution in [0.2, 0.25) is 0 Å². The molecule has 5 nitrogen and oxygen atoms in total. The molecule has 0 saturated heterocycles. The Kier molecular flexibility index (Phi) is 5.06. The largest absolute Gasteiger partial charge is 0.484 e. The zero-order valence-electron chi connectivity index (χ0n) is 11.6. The predicted octanol–water partition coefficient (Wildman–Crippen LogP) is 2.46. The van der Waals surface area contributed by atoms with Gasteiger partial charge in [0.25, 0.3) is 5.89 Å². The summed E-state index contributed by atoms with van der Waals surface area (Å²) >= 11 is 0. The molecule has 2 aromatic rings. The van der Waals surface area contributed by atoms with Gasteiger partial charge in [-0.15, -0.1) is 0 Å². The Morgan fingerprint density at radius 2 is 2.15 bits per heavy atom. The van der Waals surface area contributed by atoms with Gasteiger partial charge in [-0.05, 0) is 24.2 Å². The van der Waals surface area contributed by atoms with Gasteiger partial charge in [0.15, 0.2) is 12.4 Å². The van der Waals surface area contributed by atoms with Gasteiger partial charge in [-0.2, -0.15) is 4.98 Å². The van der Waals surface area contributed by atoms with E-state index in [0.717, 1.165) is 12.1 Å². The molecule has 6 heteroatoms. The summed E-state index contributed by atoms with van der Waals surface area (Å²) in [6.07, 6.45) is 0.705. The fourth-order valence-electron chi connectivity index (χ4n) is 1.71. The lowest BCUT2D eigenvalue weighted by Gasteiger charge is -2.07. The first-order valence-corrected chi connectivity index (χ1v) is 6.65. The molecule has 0 radical (unpaired) electrons. The van der Waals surface area contributed by atoms with Crippen LogP contribution in [0.5, 0.6) is 5.75 Å². The minimum absolute atomic E-state index is 0.136. The third kappa shape index (κ3) is 4.03. The van der Waals surface area contributed by atoms with E-state index in [1.807, 2.05) is 13.8 Å². The highest BCUT2D eigenvalue weighted by molar-refractivity contribution is 5.29. The fraction of sp³-hybridized carbons (Fsp3) is 0.429. The van der Waals surface area contributed by atoms with Crippen molar-refractivity contribution in [2.24, 2.45) is 0 Å². The predicted molar refractivity (Wildman–Crippen MR) is 71.8 cm³/mol. The minimum atomic E-state index is -0.324. The van der Waals surface area contributed by atoms with Gasteiger partial charge in [0.05, 0.1) is 0 Å². The van der Waals surface area contributed by atoms with E-state index < -0.39 is 0 Å². The smallest absolute Gasteiger partial charge is 0.264 e. The van der Waals surface area contributed by atoms with Gasteiger partial charge in [0.1, 0.15) is 11.6 Å². The lowest BCUT2D eigenvalue weighted by atomic mass is 10.2. The molecule has 0 unspecified atom stereocenters. The maximum absolute atomic E-state index is 13.5. The number of halogens is 1. The van der Waals surface area contributed by atoms with Gasteiger partial charge >= 0.3 is 0 Å². The Labute approximate surface area is 117 Å². The van der Waals surface area contributed by atoms with Crippen molar-refractivity contribution in [2.45, 2.75) is 33.4 Å². The van der Waals surface area contributed by atoms with Crippen LogP contribution in [-0.4, -0.2) is 16.7 Å². The molecule has 0 amide bonds. The Balaban J connectivity index is 1.99. The zero-order valence-corrected chi connectivity index (χ0v) is 11.6. The molecule has 1 aromatic heterocycles. The first kappa shape index (κ1) is 14.5. The summed E-state index contributed by atoms with van der Waals surface area (Å²) in [6, 6.07) is 4.62. The number of nitrogens with zero attached hydrogens (tertiary/aromatic N) is 2. The van der Waals surface area contributed by atoms with E-state index in [1.165, 1.54) is 12.1 Å². The molecule has 0 aliphatic carbocycles. The van der Waals surface area contributed by atoms with Gasteiger partial charge in [0, 0.05) is 19.0 Å². The lowest BCUT2D eigenvalue weighted by molar-refractivity contribution is 0.241. The average molecular weight is 279 g/mol. The standard InChI is InChI=1S/C14H18FN3O2/c1-3-13-17-14(20-18-13)9-19-12-6-10(8-16-4-2)5-11(15)7-12/h5-7,16H,3-4,8-9H2,1-2H3. The fourth-order valence-corrected chi connectivity index (χ4v) is 1.71. The molecule has 20 heavy (non-hydrogen) atoms. The van der Waals surface area contributed by atoms with Crippen LogP contribution in [-0.2, 0) is 19.6 Å². The van der Waals surface area contributed by atoms with Crippen molar-refractivity contribution in [3.8, 4) is 5.75 Å². The zero-order chi connectivity index (χ0) is 14.4. The molecule has 0 atom stereocenters. The molecule has 0 saturated carbocycles. The molecule has 1 aromatic carbocycles. The van der Waals surface area contributed by atoms with Crippen molar-refractivity contribution in [1.82, 2.24) is 15.5 Å². The number of nitrogens with one attached hydrogen (secondary N) is 1. The summed E-state index contributed by atoms with van der Waals surface area (Å²) in [7, 11) is 0. The normalized spacial score (nSPS) is 10.8. The second kappa shape index (κ2) is 7.00. The van der Waals surface area contributed by atoms with Gasteiger partial charge in [-0.25, -0.2) is 4.39 Å². The second-order valence-electron chi connectivity index (χ2n) is 4.32. The van der Waals surface area contributed by atoms with Gasteiger partial charge in [0.2, 0.25) is 0 Å². The van der Waals surface area contributed by atoms with Gasteiger partial charge < -0.3 is 14.6 Å². The van der Waals surface area contributed by atoms with Crippen molar-refractivity contribution >= 4 is 0 Å². The van der Waals surface area contributed by atoms with Gasteiger partial charge in [-0.3, -0.25) is 0 Å². The maximum atomic E-state index is 13.5. The van der Waals surface area contributed by atoms with Crippen molar-refractivity contribution in [3.05, 3.63) is 41.3 Å². The molecule has 0 fully saturated rings. The Morgan fingerprint density at radius 3 is 2.85 bits per heavy atom. The molecular weight excluding hydrogens is 261 g/mol. The molecule has 2 rings (SSSR count). The highest BCUT2D eigenvalue weighted by Gasteiger charge is 2.07. The van der Waals surface area contributed by atoms with Crippen LogP contribution in [0.25, 0.3) is 0 Å². The summed E-state index contributed by atoms with van der Waals surface area (Å²) in [6.45, 7) is 5.50. The van der Waals surface area contributed by atoms with E-state index in [1.54, 1.807) is 6.07 Å². The third-order valence-corrected chi connectivity index (χ3v) is 2.70. The quantitative estimate of drug-likeness (QED) is 0.843. The lowest BCUT2D eigenvalue weighted by Crippen LogP contribution is -2.12. The Bertz CT molecular complexity index is 557. The highest BCUT2D eigenvalue weighted by Crippen LogP contribution is 2.17.